The van der Waals surface area contributed by atoms with E-state index in [0.29, 0.717) is 18.2 Å². The lowest BCUT2D eigenvalue weighted by Crippen LogP contribution is -2.22. The molecule has 1 aromatic rings. The molecular formula is C12H14ClN5O3. The van der Waals surface area contributed by atoms with Crippen molar-refractivity contribution in [2.45, 2.75) is 0 Å². The fourth-order valence-electron chi connectivity index (χ4n) is 1.52. The van der Waals surface area contributed by atoms with Crippen LogP contribution in [0, 0.1) is 0 Å². The number of aromatic nitrogens is 2. The quantitative estimate of drug-likeness (QED) is 0.460. The van der Waals surface area contributed by atoms with E-state index >= 15 is 0 Å². The number of imide groups is 1. The van der Waals surface area contributed by atoms with E-state index < -0.39 is 11.9 Å². The molecular weight excluding hydrogens is 298 g/mol. The predicted molar refractivity (Wildman–Crippen MR) is 75.7 cm³/mol. The molecule has 0 aromatic carbocycles. The second kappa shape index (κ2) is 6.51. The van der Waals surface area contributed by atoms with Crippen molar-refractivity contribution in [2.24, 2.45) is 0 Å². The summed E-state index contributed by atoms with van der Waals surface area (Å²) >= 11 is 5.81. The van der Waals surface area contributed by atoms with Gasteiger partial charge in [0.05, 0.1) is 5.69 Å². The summed E-state index contributed by atoms with van der Waals surface area (Å²) in [5, 5.41) is 4.45. The van der Waals surface area contributed by atoms with Crippen LogP contribution < -0.4 is 15.4 Å². The van der Waals surface area contributed by atoms with Gasteiger partial charge in [0.15, 0.2) is 0 Å². The van der Waals surface area contributed by atoms with Gasteiger partial charge in [-0.05, 0) is 31.8 Å². The van der Waals surface area contributed by atoms with E-state index in [0.717, 1.165) is 6.54 Å². The van der Waals surface area contributed by atoms with Crippen LogP contribution in [0.5, 0.6) is 5.88 Å². The maximum Gasteiger partial charge on any atom is 0.326 e. The van der Waals surface area contributed by atoms with Gasteiger partial charge in [0.1, 0.15) is 12.3 Å². The monoisotopic (exact) mass is 311 g/mol. The topological polar surface area (TPSA) is 96.5 Å². The minimum Gasteiger partial charge on any atom is -0.476 e. The number of carbonyl (C=O) groups excluding carboxylic acids is 2. The number of rotatable bonds is 5. The third-order valence-corrected chi connectivity index (χ3v) is 2.66. The summed E-state index contributed by atoms with van der Waals surface area (Å²) in [6.45, 7) is 1.16. The number of halogens is 1. The van der Waals surface area contributed by atoms with E-state index in [1.165, 1.54) is 12.1 Å². The Morgan fingerprint density at radius 3 is 2.71 bits per heavy atom. The van der Waals surface area contributed by atoms with E-state index in [1.54, 1.807) is 0 Å². The molecule has 2 N–H and O–H groups in total. The second-order valence-corrected chi connectivity index (χ2v) is 4.86. The molecule has 0 saturated carbocycles. The molecule has 0 spiro atoms. The number of hydrogen-bond acceptors (Lipinski definition) is 6. The van der Waals surface area contributed by atoms with Gasteiger partial charge < -0.3 is 15.0 Å². The van der Waals surface area contributed by atoms with Crippen molar-refractivity contribution >= 4 is 29.6 Å². The molecule has 3 amide bonds. The second-order valence-electron chi connectivity index (χ2n) is 4.52. The molecule has 2 heterocycles. The maximum atomic E-state index is 11.4. The molecule has 8 nitrogen and oxygen atoms in total. The number of amides is 3. The van der Waals surface area contributed by atoms with Crippen molar-refractivity contribution in [1.82, 2.24) is 25.5 Å². The molecule has 9 heteroatoms. The van der Waals surface area contributed by atoms with Crippen LogP contribution in [0.3, 0.4) is 0 Å². The van der Waals surface area contributed by atoms with Crippen molar-refractivity contribution in [3.8, 4) is 5.88 Å². The van der Waals surface area contributed by atoms with Gasteiger partial charge >= 0.3 is 6.03 Å². The Morgan fingerprint density at radius 1 is 1.33 bits per heavy atom. The van der Waals surface area contributed by atoms with E-state index in [9.17, 15) is 9.59 Å². The Kier molecular flexibility index (Phi) is 4.71. The highest BCUT2D eigenvalue weighted by atomic mass is 35.5. The van der Waals surface area contributed by atoms with Gasteiger partial charge in [0, 0.05) is 12.6 Å². The van der Waals surface area contributed by atoms with Crippen LogP contribution >= 0.6 is 11.6 Å². The molecule has 1 saturated heterocycles. The number of nitrogens with one attached hydrogen (secondary N) is 2. The number of hydrogen-bond donors (Lipinski definition) is 2. The SMILES string of the molecule is CN(C)CCOc1cc(/C=C2\NC(=O)NC2=O)nc(Cl)n1. The first-order chi connectivity index (χ1) is 9.94. The minimum atomic E-state index is -0.575. The van der Waals surface area contributed by atoms with E-state index in [2.05, 4.69) is 20.6 Å². The van der Waals surface area contributed by atoms with Crippen molar-refractivity contribution in [2.75, 3.05) is 27.2 Å². The van der Waals surface area contributed by atoms with E-state index in [1.807, 2.05) is 19.0 Å². The minimum absolute atomic E-state index is 0.00562. The molecule has 1 aromatic heterocycles. The zero-order valence-corrected chi connectivity index (χ0v) is 12.3. The number of likely N-dealkylation sites (N-methyl/N-ethyl adjacent to an activating group) is 1. The predicted octanol–water partition coefficient (Wildman–Crippen LogP) is 0.251. The molecule has 0 bridgehead atoms. The highest BCUT2D eigenvalue weighted by Gasteiger charge is 2.23. The van der Waals surface area contributed by atoms with Gasteiger partial charge in [-0.1, -0.05) is 0 Å². The molecule has 2 rings (SSSR count). The molecule has 112 valence electrons. The van der Waals surface area contributed by atoms with Crippen molar-refractivity contribution in [3.63, 3.8) is 0 Å². The van der Waals surface area contributed by atoms with Crippen LogP contribution in [-0.4, -0.2) is 54.1 Å². The summed E-state index contributed by atoms with van der Waals surface area (Å²) in [7, 11) is 3.85. The highest BCUT2D eigenvalue weighted by Crippen LogP contribution is 2.15. The largest absolute Gasteiger partial charge is 0.476 e. The maximum absolute atomic E-state index is 11.4. The number of ether oxygens (including phenoxy) is 1. The normalized spacial score (nSPS) is 16.3. The first kappa shape index (κ1) is 15.2. The Balaban J connectivity index is 2.13. The number of carbonyl (C=O) groups is 2. The summed E-state index contributed by atoms with van der Waals surface area (Å²) < 4.78 is 5.46. The first-order valence-corrected chi connectivity index (χ1v) is 6.48. The van der Waals surface area contributed by atoms with Gasteiger partial charge in [-0.2, -0.15) is 4.98 Å². The number of nitrogens with zero attached hydrogens (tertiary/aromatic N) is 3. The zero-order valence-electron chi connectivity index (χ0n) is 11.5. The van der Waals surface area contributed by atoms with Crippen LogP contribution in [0.1, 0.15) is 5.69 Å². The van der Waals surface area contributed by atoms with Gasteiger partial charge in [0.2, 0.25) is 11.2 Å². The van der Waals surface area contributed by atoms with Gasteiger partial charge in [0.25, 0.3) is 5.91 Å². The smallest absolute Gasteiger partial charge is 0.326 e. The molecule has 1 aliphatic rings. The Morgan fingerprint density at radius 2 is 2.10 bits per heavy atom. The average molecular weight is 312 g/mol. The lowest BCUT2D eigenvalue weighted by Gasteiger charge is -2.10. The average Bonchev–Trinajstić information content (AvgIpc) is 2.66. The molecule has 21 heavy (non-hydrogen) atoms. The first-order valence-electron chi connectivity index (χ1n) is 6.10. The van der Waals surface area contributed by atoms with Crippen molar-refractivity contribution < 1.29 is 14.3 Å². The summed E-state index contributed by atoms with van der Waals surface area (Å²) in [6.07, 6.45) is 1.40. The fourth-order valence-corrected chi connectivity index (χ4v) is 1.71. The Hall–Kier alpha value is -2.19. The van der Waals surface area contributed by atoms with Crippen LogP contribution in [-0.2, 0) is 4.79 Å². The molecule has 0 radical (unpaired) electrons. The van der Waals surface area contributed by atoms with Crippen LogP contribution in [0.2, 0.25) is 5.28 Å². The summed E-state index contributed by atoms with van der Waals surface area (Å²) in [5.74, 6) is -0.224. The van der Waals surface area contributed by atoms with E-state index in [4.69, 9.17) is 16.3 Å². The van der Waals surface area contributed by atoms with Gasteiger partial charge in [-0.15, -0.1) is 0 Å². The fraction of sp³-hybridized carbons (Fsp3) is 0.333. The van der Waals surface area contributed by atoms with Crippen LogP contribution in [0.25, 0.3) is 6.08 Å². The standard InChI is InChI=1S/C12H14ClN5O3/c1-18(2)3-4-21-9-6-7(14-11(13)16-9)5-8-10(19)17-12(20)15-8/h5-6H,3-4H2,1-2H3,(H2,15,17,19,20)/b8-5-. The zero-order chi connectivity index (χ0) is 15.4. The summed E-state index contributed by atoms with van der Waals surface area (Å²) in [5.41, 5.74) is 0.455. The van der Waals surface area contributed by atoms with Crippen molar-refractivity contribution in [1.29, 1.82) is 0 Å². The third-order valence-electron chi connectivity index (χ3n) is 2.50. The molecule has 1 aliphatic heterocycles. The Labute approximate surface area is 126 Å². The highest BCUT2D eigenvalue weighted by molar-refractivity contribution is 6.28. The van der Waals surface area contributed by atoms with Crippen LogP contribution in [0.15, 0.2) is 11.8 Å². The summed E-state index contributed by atoms with van der Waals surface area (Å²) in [6, 6.07) is 0.959. The third kappa shape index (κ3) is 4.40. The lowest BCUT2D eigenvalue weighted by molar-refractivity contribution is -0.115. The molecule has 0 atom stereocenters. The van der Waals surface area contributed by atoms with Crippen LogP contribution in [0.4, 0.5) is 4.79 Å². The number of urea groups is 1. The van der Waals surface area contributed by atoms with E-state index in [-0.39, 0.29) is 11.0 Å². The Bertz CT molecular complexity index is 603. The molecule has 0 aliphatic carbocycles. The lowest BCUT2D eigenvalue weighted by atomic mass is 10.3. The summed E-state index contributed by atoms with van der Waals surface area (Å²) in [4.78, 5) is 32.3. The molecule has 0 unspecified atom stereocenters. The van der Waals surface area contributed by atoms with Crippen molar-refractivity contribution in [3.05, 3.63) is 22.7 Å². The van der Waals surface area contributed by atoms with Gasteiger partial charge in [-0.25, -0.2) is 9.78 Å². The molecule has 1 fully saturated rings. The van der Waals surface area contributed by atoms with Gasteiger partial charge in [-0.3, -0.25) is 10.1 Å².